The zero-order chi connectivity index (χ0) is 23.0. The summed E-state index contributed by atoms with van der Waals surface area (Å²) >= 11 is 1.48. The van der Waals surface area contributed by atoms with E-state index in [0.717, 1.165) is 17.0 Å². The third-order valence-electron chi connectivity index (χ3n) is 6.23. The largest absolute Gasteiger partial charge is 0.468 e. The van der Waals surface area contributed by atoms with Gasteiger partial charge in [0.05, 0.1) is 24.6 Å². The highest BCUT2D eigenvalue weighted by Gasteiger charge is 2.68. The van der Waals surface area contributed by atoms with Crippen LogP contribution in [-0.4, -0.2) is 42.4 Å². The lowest BCUT2D eigenvalue weighted by molar-refractivity contribution is -0.152. The topological polar surface area (TPSA) is 75.7 Å². The van der Waals surface area contributed by atoms with E-state index < -0.39 is 52.8 Å². The van der Waals surface area contributed by atoms with Gasteiger partial charge in [-0.05, 0) is 48.8 Å². The Balaban J connectivity index is 1.87. The first-order chi connectivity index (χ1) is 15.4. The van der Waals surface area contributed by atoms with Crippen LogP contribution in [-0.2, 0) is 19.1 Å². The maximum Gasteiger partial charge on any atom is 0.326 e. The number of amides is 2. The predicted octanol–water partition coefficient (Wildman–Crippen LogP) is 3.08. The number of carbonyl (C=O) groups is 3. The lowest BCUT2D eigenvalue weighted by Gasteiger charge is -2.32. The molecule has 32 heavy (non-hydrogen) atoms. The van der Waals surface area contributed by atoms with E-state index in [2.05, 4.69) is 5.32 Å². The SMILES string of the molecule is COC(=O)C1(CCSC)NC(c2ccccc2F)C2C(=O)N(c3ccc(F)cc3)C(=O)C21. The van der Waals surface area contributed by atoms with Gasteiger partial charge in [0.2, 0.25) is 11.8 Å². The third-order valence-corrected chi connectivity index (χ3v) is 6.84. The first kappa shape index (κ1) is 22.4. The van der Waals surface area contributed by atoms with Crippen molar-refractivity contribution in [3.05, 3.63) is 65.7 Å². The Bertz CT molecular complexity index is 1060. The highest BCUT2D eigenvalue weighted by Crippen LogP contribution is 2.51. The number of imide groups is 1. The highest BCUT2D eigenvalue weighted by atomic mass is 32.2. The molecular formula is C23H22F2N2O4S. The van der Waals surface area contributed by atoms with Crippen LogP contribution in [0.25, 0.3) is 0 Å². The molecule has 0 spiro atoms. The fourth-order valence-electron chi connectivity index (χ4n) is 4.81. The molecule has 2 aliphatic rings. The number of nitrogens with zero attached hydrogens (tertiary/aromatic N) is 1. The van der Waals surface area contributed by atoms with Crippen molar-refractivity contribution in [2.24, 2.45) is 11.8 Å². The van der Waals surface area contributed by atoms with Gasteiger partial charge in [-0.1, -0.05) is 18.2 Å². The molecule has 4 atom stereocenters. The number of ether oxygens (including phenoxy) is 1. The van der Waals surface area contributed by atoms with Crippen molar-refractivity contribution in [1.29, 1.82) is 0 Å². The third kappa shape index (κ3) is 3.40. The van der Waals surface area contributed by atoms with Crippen molar-refractivity contribution >= 4 is 35.2 Å². The molecule has 0 aromatic heterocycles. The van der Waals surface area contributed by atoms with Crippen LogP contribution >= 0.6 is 11.8 Å². The van der Waals surface area contributed by atoms with Crippen LogP contribution in [0.3, 0.4) is 0 Å². The number of nitrogens with one attached hydrogen (secondary N) is 1. The molecule has 9 heteroatoms. The Morgan fingerprint density at radius 2 is 1.81 bits per heavy atom. The normalized spacial score (nSPS) is 27.0. The van der Waals surface area contributed by atoms with Crippen LogP contribution in [0.1, 0.15) is 18.0 Å². The average Bonchev–Trinajstić information content (AvgIpc) is 3.27. The minimum absolute atomic E-state index is 0.194. The summed E-state index contributed by atoms with van der Waals surface area (Å²) in [6, 6.07) is 10.0. The average molecular weight is 461 g/mol. The van der Waals surface area contributed by atoms with Gasteiger partial charge in [-0.3, -0.25) is 19.7 Å². The van der Waals surface area contributed by atoms with Gasteiger partial charge in [-0.15, -0.1) is 0 Å². The lowest BCUT2D eigenvalue weighted by atomic mass is 9.78. The van der Waals surface area contributed by atoms with E-state index in [-0.39, 0.29) is 17.7 Å². The number of esters is 1. The van der Waals surface area contributed by atoms with Crippen molar-refractivity contribution in [2.75, 3.05) is 24.0 Å². The van der Waals surface area contributed by atoms with Gasteiger partial charge in [-0.2, -0.15) is 11.8 Å². The highest BCUT2D eigenvalue weighted by molar-refractivity contribution is 7.98. The van der Waals surface area contributed by atoms with Crippen molar-refractivity contribution in [3.8, 4) is 0 Å². The first-order valence-corrected chi connectivity index (χ1v) is 11.5. The summed E-state index contributed by atoms with van der Waals surface area (Å²) in [6.45, 7) is 0. The molecule has 0 bridgehead atoms. The lowest BCUT2D eigenvalue weighted by Crippen LogP contribution is -2.56. The van der Waals surface area contributed by atoms with E-state index in [0.29, 0.717) is 5.75 Å². The molecule has 0 aliphatic carbocycles. The smallest absolute Gasteiger partial charge is 0.326 e. The molecule has 0 saturated carbocycles. The summed E-state index contributed by atoms with van der Waals surface area (Å²) in [5.41, 5.74) is -1.11. The number of halogens is 2. The number of rotatable bonds is 6. The summed E-state index contributed by atoms with van der Waals surface area (Å²) in [7, 11) is 1.22. The number of thioether (sulfide) groups is 1. The van der Waals surface area contributed by atoms with Gasteiger partial charge in [0.15, 0.2) is 0 Å². The Labute approximate surface area is 188 Å². The maximum atomic E-state index is 14.8. The molecule has 2 aromatic carbocycles. The molecule has 2 aliphatic heterocycles. The van der Waals surface area contributed by atoms with Crippen LogP contribution in [0.15, 0.2) is 48.5 Å². The van der Waals surface area contributed by atoms with Gasteiger partial charge in [0.25, 0.3) is 0 Å². The van der Waals surface area contributed by atoms with E-state index in [4.69, 9.17) is 4.74 Å². The summed E-state index contributed by atoms with van der Waals surface area (Å²) in [4.78, 5) is 41.2. The zero-order valence-corrected chi connectivity index (χ0v) is 18.3. The summed E-state index contributed by atoms with van der Waals surface area (Å²) in [5, 5.41) is 3.13. The van der Waals surface area contributed by atoms with E-state index in [9.17, 15) is 23.2 Å². The molecule has 2 aromatic rings. The minimum Gasteiger partial charge on any atom is -0.468 e. The van der Waals surface area contributed by atoms with Gasteiger partial charge in [0, 0.05) is 11.6 Å². The van der Waals surface area contributed by atoms with Crippen LogP contribution in [0.4, 0.5) is 14.5 Å². The number of benzene rings is 2. The second-order valence-corrected chi connectivity index (χ2v) is 8.83. The number of fused-ring (bicyclic) bond motifs is 1. The summed E-state index contributed by atoms with van der Waals surface area (Å²) < 4.78 is 33.3. The van der Waals surface area contributed by atoms with E-state index in [1.807, 2.05) is 6.26 Å². The fraction of sp³-hybridized carbons (Fsp3) is 0.348. The summed E-state index contributed by atoms with van der Waals surface area (Å²) in [5.74, 6) is -4.51. The summed E-state index contributed by atoms with van der Waals surface area (Å²) in [6.07, 6.45) is 2.07. The minimum atomic E-state index is -1.50. The molecule has 2 amide bonds. The number of hydrogen-bond donors (Lipinski definition) is 1. The molecule has 168 valence electrons. The van der Waals surface area contributed by atoms with Crippen molar-refractivity contribution in [3.63, 3.8) is 0 Å². The molecule has 6 nitrogen and oxygen atoms in total. The first-order valence-electron chi connectivity index (χ1n) is 10.1. The molecule has 4 rings (SSSR count). The molecule has 2 saturated heterocycles. The van der Waals surface area contributed by atoms with Gasteiger partial charge >= 0.3 is 5.97 Å². The van der Waals surface area contributed by atoms with Crippen LogP contribution < -0.4 is 10.2 Å². The molecule has 0 radical (unpaired) electrons. The van der Waals surface area contributed by atoms with E-state index in [1.165, 1.54) is 49.2 Å². The number of anilines is 1. The molecule has 4 unspecified atom stereocenters. The van der Waals surface area contributed by atoms with Gasteiger partial charge in [-0.25, -0.2) is 13.7 Å². The standard InChI is InChI=1S/C23H22F2N2O4S/c1-31-22(30)23(11-12-32-2)18-17(19(26-23)15-5-3-4-6-16(15)25)20(28)27(21(18)29)14-9-7-13(24)8-10-14/h3-10,17-19,26H,11-12H2,1-2H3. The van der Waals surface area contributed by atoms with Crippen LogP contribution in [0, 0.1) is 23.5 Å². The van der Waals surface area contributed by atoms with Crippen LogP contribution in [0.2, 0.25) is 0 Å². The van der Waals surface area contributed by atoms with Gasteiger partial charge < -0.3 is 4.74 Å². The van der Waals surface area contributed by atoms with Crippen LogP contribution in [0.5, 0.6) is 0 Å². The Morgan fingerprint density at radius 3 is 2.44 bits per heavy atom. The van der Waals surface area contributed by atoms with Crippen molar-refractivity contribution in [2.45, 2.75) is 18.0 Å². The molecule has 1 N–H and O–H groups in total. The van der Waals surface area contributed by atoms with Crippen molar-refractivity contribution < 1.29 is 27.9 Å². The number of hydrogen-bond acceptors (Lipinski definition) is 6. The second kappa shape index (κ2) is 8.63. The zero-order valence-electron chi connectivity index (χ0n) is 17.5. The molecular weight excluding hydrogens is 438 g/mol. The maximum absolute atomic E-state index is 14.8. The van der Waals surface area contributed by atoms with Gasteiger partial charge in [0.1, 0.15) is 17.2 Å². The Hall–Kier alpha value is -2.78. The second-order valence-electron chi connectivity index (χ2n) is 7.84. The molecule has 2 fully saturated rings. The Morgan fingerprint density at radius 1 is 1.12 bits per heavy atom. The number of methoxy groups -OCH3 is 1. The monoisotopic (exact) mass is 460 g/mol. The quantitative estimate of drug-likeness (QED) is 0.528. The fourth-order valence-corrected chi connectivity index (χ4v) is 5.33. The number of carbonyl (C=O) groups excluding carboxylic acids is 3. The molecule has 2 heterocycles. The van der Waals surface area contributed by atoms with E-state index >= 15 is 0 Å². The predicted molar refractivity (Wildman–Crippen MR) is 116 cm³/mol. The van der Waals surface area contributed by atoms with E-state index in [1.54, 1.807) is 6.07 Å². The van der Waals surface area contributed by atoms with Crippen molar-refractivity contribution in [1.82, 2.24) is 5.32 Å². The Kier molecular flexibility index (Phi) is 6.05.